The summed E-state index contributed by atoms with van der Waals surface area (Å²) in [5.74, 6) is 0. The van der Waals surface area contributed by atoms with E-state index in [9.17, 15) is 0 Å². The van der Waals surface area contributed by atoms with E-state index in [1.165, 1.54) is 22.5 Å². The molecule has 3 rings (SSSR count). The highest BCUT2D eigenvalue weighted by Crippen LogP contribution is 2.38. The molecule has 0 saturated heterocycles. The highest BCUT2D eigenvalue weighted by molar-refractivity contribution is 9.10. The fourth-order valence-corrected chi connectivity index (χ4v) is 3.50. The van der Waals surface area contributed by atoms with Gasteiger partial charge in [0, 0.05) is 22.7 Å². The van der Waals surface area contributed by atoms with Crippen LogP contribution in [0.15, 0.2) is 46.9 Å². The van der Waals surface area contributed by atoms with Gasteiger partial charge in [0.25, 0.3) is 0 Å². The summed E-state index contributed by atoms with van der Waals surface area (Å²) in [7, 11) is 0. The van der Waals surface area contributed by atoms with Crippen molar-refractivity contribution < 1.29 is 0 Å². The minimum atomic E-state index is 0.195. The number of fused-ring (bicyclic) bond motifs is 1. The molecule has 0 saturated carbocycles. The summed E-state index contributed by atoms with van der Waals surface area (Å²) in [6.07, 6.45) is 2.03. The van der Waals surface area contributed by atoms with E-state index < -0.39 is 0 Å². The molecule has 0 radical (unpaired) electrons. The summed E-state index contributed by atoms with van der Waals surface area (Å²) >= 11 is 3.72. The van der Waals surface area contributed by atoms with Crippen molar-refractivity contribution in [2.24, 2.45) is 5.73 Å². The van der Waals surface area contributed by atoms with Gasteiger partial charge in [-0.05, 0) is 65.0 Å². The number of nitrogens with zero attached hydrogens (tertiary/aromatic N) is 1. The number of hydrogen-bond donors (Lipinski definition) is 1. The van der Waals surface area contributed by atoms with Gasteiger partial charge in [-0.25, -0.2) is 0 Å². The molecule has 0 bridgehead atoms. The van der Waals surface area contributed by atoms with Crippen molar-refractivity contribution in [2.75, 3.05) is 11.4 Å². The van der Waals surface area contributed by atoms with Crippen molar-refractivity contribution in [3.8, 4) is 0 Å². The Kier molecular flexibility index (Phi) is 3.81. The standard InChI is InChI=1S/C17H19BrN2/c1-12(19)10-13-6-7-17(15(18)11-13)20-9-8-14-4-2-3-5-16(14)20/h2-7,11-12H,8-10,19H2,1H3. The Morgan fingerprint density at radius 2 is 2.00 bits per heavy atom. The van der Waals surface area contributed by atoms with E-state index in [1.807, 2.05) is 6.92 Å². The molecule has 2 aromatic carbocycles. The number of nitrogens with two attached hydrogens (primary N) is 1. The molecule has 20 heavy (non-hydrogen) atoms. The van der Waals surface area contributed by atoms with Crippen LogP contribution in [0.3, 0.4) is 0 Å². The first-order valence-corrected chi connectivity index (χ1v) is 7.84. The van der Waals surface area contributed by atoms with E-state index in [0.29, 0.717) is 0 Å². The van der Waals surface area contributed by atoms with E-state index in [1.54, 1.807) is 0 Å². The summed E-state index contributed by atoms with van der Waals surface area (Å²) in [6, 6.07) is 15.4. The van der Waals surface area contributed by atoms with Crippen LogP contribution in [0.4, 0.5) is 11.4 Å². The van der Waals surface area contributed by atoms with Gasteiger partial charge < -0.3 is 10.6 Å². The maximum atomic E-state index is 5.87. The molecule has 1 heterocycles. The van der Waals surface area contributed by atoms with Gasteiger partial charge in [0.2, 0.25) is 0 Å². The minimum Gasteiger partial charge on any atom is -0.340 e. The molecule has 3 heteroatoms. The Labute approximate surface area is 128 Å². The fraction of sp³-hybridized carbons (Fsp3) is 0.294. The topological polar surface area (TPSA) is 29.3 Å². The summed E-state index contributed by atoms with van der Waals surface area (Å²) in [6.45, 7) is 3.09. The average molecular weight is 331 g/mol. The third kappa shape index (κ3) is 2.60. The lowest BCUT2D eigenvalue weighted by molar-refractivity contribution is 0.738. The number of benzene rings is 2. The van der Waals surface area contributed by atoms with Crippen molar-refractivity contribution in [3.63, 3.8) is 0 Å². The maximum absolute atomic E-state index is 5.87. The molecule has 2 aromatic rings. The molecule has 0 amide bonds. The molecular weight excluding hydrogens is 312 g/mol. The third-order valence-corrected chi connectivity index (χ3v) is 4.38. The normalized spacial score (nSPS) is 15.2. The number of para-hydroxylation sites is 1. The monoisotopic (exact) mass is 330 g/mol. The number of anilines is 2. The largest absolute Gasteiger partial charge is 0.340 e. The second-order valence-electron chi connectivity index (χ2n) is 5.50. The Morgan fingerprint density at radius 1 is 1.20 bits per heavy atom. The average Bonchev–Trinajstić information content (AvgIpc) is 2.82. The zero-order valence-corrected chi connectivity index (χ0v) is 13.2. The van der Waals surface area contributed by atoms with Gasteiger partial charge in [-0.3, -0.25) is 0 Å². The second kappa shape index (κ2) is 5.58. The van der Waals surface area contributed by atoms with E-state index >= 15 is 0 Å². The van der Waals surface area contributed by atoms with Gasteiger partial charge in [0.05, 0.1) is 5.69 Å². The molecule has 1 unspecified atom stereocenters. The quantitative estimate of drug-likeness (QED) is 0.920. The van der Waals surface area contributed by atoms with Crippen LogP contribution >= 0.6 is 15.9 Å². The van der Waals surface area contributed by atoms with E-state index in [0.717, 1.165) is 23.9 Å². The van der Waals surface area contributed by atoms with Crippen LogP contribution in [-0.4, -0.2) is 12.6 Å². The van der Waals surface area contributed by atoms with Crippen molar-refractivity contribution >= 4 is 27.3 Å². The van der Waals surface area contributed by atoms with Crippen LogP contribution in [-0.2, 0) is 12.8 Å². The van der Waals surface area contributed by atoms with Crippen LogP contribution in [0.25, 0.3) is 0 Å². The smallest absolute Gasteiger partial charge is 0.0555 e. The van der Waals surface area contributed by atoms with Gasteiger partial charge in [-0.1, -0.05) is 24.3 Å². The summed E-state index contributed by atoms with van der Waals surface area (Å²) in [4.78, 5) is 2.38. The van der Waals surface area contributed by atoms with E-state index in [2.05, 4.69) is 63.3 Å². The van der Waals surface area contributed by atoms with Crippen LogP contribution in [0.1, 0.15) is 18.1 Å². The molecule has 2 nitrogen and oxygen atoms in total. The molecule has 0 fully saturated rings. The SMILES string of the molecule is CC(N)Cc1ccc(N2CCc3ccccc32)c(Br)c1. The lowest BCUT2D eigenvalue weighted by Crippen LogP contribution is -2.18. The van der Waals surface area contributed by atoms with Crippen molar-refractivity contribution in [3.05, 3.63) is 58.1 Å². The first kappa shape index (κ1) is 13.7. The number of rotatable bonds is 3. The number of halogens is 1. The van der Waals surface area contributed by atoms with Gasteiger partial charge >= 0.3 is 0 Å². The fourth-order valence-electron chi connectivity index (χ4n) is 2.86. The van der Waals surface area contributed by atoms with Crippen LogP contribution in [0.2, 0.25) is 0 Å². The Hall–Kier alpha value is -1.32. The maximum Gasteiger partial charge on any atom is 0.0555 e. The third-order valence-electron chi connectivity index (χ3n) is 3.75. The molecule has 0 spiro atoms. The first-order valence-electron chi connectivity index (χ1n) is 7.04. The van der Waals surface area contributed by atoms with Crippen LogP contribution in [0.5, 0.6) is 0 Å². The van der Waals surface area contributed by atoms with Crippen molar-refractivity contribution in [1.29, 1.82) is 0 Å². The predicted molar refractivity (Wildman–Crippen MR) is 88.6 cm³/mol. The molecule has 104 valence electrons. The molecule has 1 aliphatic heterocycles. The minimum absolute atomic E-state index is 0.195. The van der Waals surface area contributed by atoms with E-state index in [4.69, 9.17) is 5.73 Å². The predicted octanol–water partition coefficient (Wildman–Crippen LogP) is 4.03. The molecule has 1 aliphatic rings. The molecule has 2 N–H and O–H groups in total. The van der Waals surface area contributed by atoms with Gasteiger partial charge in [-0.15, -0.1) is 0 Å². The molecule has 1 atom stereocenters. The second-order valence-corrected chi connectivity index (χ2v) is 6.35. The molecule has 0 aromatic heterocycles. The highest BCUT2D eigenvalue weighted by Gasteiger charge is 2.21. The zero-order valence-electron chi connectivity index (χ0n) is 11.6. The van der Waals surface area contributed by atoms with Crippen LogP contribution in [0, 0.1) is 0 Å². The van der Waals surface area contributed by atoms with Gasteiger partial charge in [0.15, 0.2) is 0 Å². The summed E-state index contributed by atoms with van der Waals surface area (Å²) < 4.78 is 1.15. The first-order chi connectivity index (χ1) is 9.65. The molecular formula is C17H19BrN2. The zero-order chi connectivity index (χ0) is 14.1. The van der Waals surface area contributed by atoms with Gasteiger partial charge in [0.1, 0.15) is 0 Å². The highest BCUT2D eigenvalue weighted by atomic mass is 79.9. The number of hydrogen-bond acceptors (Lipinski definition) is 2. The Morgan fingerprint density at radius 3 is 2.75 bits per heavy atom. The Balaban J connectivity index is 1.92. The molecule has 0 aliphatic carbocycles. The van der Waals surface area contributed by atoms with Crippen LogP contribution < -0.4 is 10.6 Å². The summed E-state index contributed by atoms with van der Waals surface area (Å²) in [5, 5.41) is 0. The lowest BCUT2D eigenvalue weighted by Gasteiger charge is -2.21. The van der Waals surface area contributed by atoms with Gasteiger partial charge in [-0.2, -0.15) is 0 Å². The Bertz CT molecular complexity index is 622. The van der Waals surface area contributed by atoms with Crippen molar-refractivity contribution in [1.82, 2.24) is 0 Å². The van der Waals surface area contributed by atoms with E-state index in [-0.39, 0.29) is 6.04 Å². The van der Waals surface area contributed by atoms with Crippen molar-refractivity contribution in [2.45, 2.75) is 25.8 Å². The summed E-state index contributed by atoms with van der Waals surface area (Å²) in [5.41, 5.74) is 11.1. The lowest BCUT2D eigenvalue weighted by atomic mass is 10.1.